The predicted octanol–water partition coefficient (Wildman–Crippen LogP) is 3.44. The Morgan fingerprint density at radius 1 is 0.974 bits per heavy atom. The maximum Gasteiger partial charge on any atom is 0.321 e. The van der Waals surface area contributed by atoms with Crippen LogP contribution in [0, 0.1) is 29.1 Å². The van der Waals surface area contributed by atoms with E-state index in [2.05, 4.69) is 28.6 Å². The van der Waals surface area contributed by atoms with Crippen LogP contribution in [-0.2, 0) is 19.8 Å². The number of aliphatic carboxylic acids is 1. The molecule has 2 unspecified atom stereocenters. The molecular weight excluding hydrogens is 504 g/mol. The molecule has 0 aliphatic heterocycles. The monoisotopic (exact) mass is 554 g/mol. The van der Waals surface area contributed by atoms with Gasteiger partial charge in [-0.15, -0.1) is 0 Å². The van der Waals surface area contributed by atoms with Crippen LogP contribution in [0.3, 0.4) is 0 Å². The Balaban J connectivity index is 1.49. The summed E-state index contributed by atoms with van der Waals surface area (Å²) in [5.41, 5.74) is 5.51. The lowest BCUT2D eigenvalue weighted by molar-refractivity contribution is -0.139. The third-order valence-electron chi connectivity index (χ3n) is 10.2. The number of amides is 1. The topological polar surface area (TPSA) is 151 Å². The minimum absolute atomic E-state index is 0.149. The van der Waals surface area contributed by atoms with Crippen LogP contribution < -0.4 is 20.5 Å². The molecule has 5 aliphatic carbocycles. The number of carbonyl (C=O) groups excluding carboxylic acids is 1. The molecule has 9 nitrogen and oxygen atoms in total. The van der Waals surface area contributed by atoms with E-state index in [9.17, 15) is 23.1 Å². The molecule has 4 bridgehead atoms. The highest BCUT2D eigenvalue weighted by Gasteiger charge is 2.59. The highest BCUT2D eigenvalue weighted by Crippen LogP contribution is 2.64. The normalized spacial score (nSPS) is 32.8. The summed E-state index contributed by atoms with van der Waals surface area (Å²) in [6.07, 6.45) is 13.7. The van der Waals surface area contributed by atoms with Gasteiger partial charge in [-0.25, -0.2) is 0 Å². The number of rotatable bonds is 14. The van der Waals surface area contributed by atoms with Gasteiger partial charge in [0.25, 0.3) is 10.2 Å². The molecule has 1 amide bonds. The van der Waals surface area contributed by atoms with Crippen molar-refractivity contribution >= 4 is 22.1 Å². The predicted molar refractivity (Wildman–Crippen MR) is 147 cm³/mol. The Hall–Kier alpha value is -1.23. The van der Waals surface area contributed by atoms with Crippen molar-refractivity contribution in [1.29, 1.82) is 0 Å². The van der Waals surface area contributed by atoms with E-state index in [1.807, 2.05) is 0 Å². The highest BCUT2D eigenvalue weighted by atomic mass is 32.2. The van der Waals surface area contributed by atoms with Crippen LogP contribution in [0.5, 0.6) is 0 Å². The van der Waals surface area contributed by atoms with Crippen molar-refractivity contribution in [2.45, 2.75) is 128 Å². The molecule has 0 spiro atoms. The van der Waals surface area contributed by atoms with Crippen molar-refractivity contribution in [2.24, 2.45) is 34.8 Å². The van der Waals surface area contributed by atoms with Crippen molar-refractivity contribution in [3.05, 3.63) is 0 Å². The average molecular weight is 555 g/mol. The summed E-state index contributed by atoms with van der Waals surface area (Å²) in [6, 6.07) is -2.18. The van der Waals surface area contributed by atoms with Gasteiger partial charge in [-0.2, -0.15) is 17.9 Å². The van der Waals surface area contributed by atoms with E-state index in [0.29, 0.717) is 43.6 Å². The molecule has 0 aromatic carbocycles. The Bertz CT molecular complexity index is 935. The zero-order valence-electron chi connectivity index (χ0n) is 23.3. The molecule has 38 heavy (non-hydrogen) atoms. The van der Waals surface area contributed by atoms with E-state index in [1.54, 1.807) is 0 Å². The van der Waals surface area contributed by atoms with Gasteiger partial charge in [-0.3, -0.25) is 9.59 Å². The molecule has 0 heterocycles. The van der Waals surface area contributed by atoms with Crippen molar-refractivity contribution in [1.82, 2.24) is 14.8 Å². The maximum atomic E-state index is 13.9. The average Bonchev–Trinajstić information content (AvgIpc) is 2.82. The Kier molecular flexibility index (Phi) is 9.48. The maximum absolute atomic E-state index is 13.9. The molecule has 0 saturated heterocycles. The van der Waals surface area contributed by atoms with Gasteiger partial charge in [0.1, 0.15) is 12.1 Å². The third kappa shape index (κ3) is 7.09. The van der Waals surface area contributed by atoms with Crippen LogP contribution in [0.1, 0.15) is 110 Å². The third-order valence-corrected chi connectivity index (χ3v) is 11.4. The summed E-state index contributed by atoms with van der Waals surface area (Å²) in [5.74, 6) is 0.598. The molecule has 218 valence electrons. The van der Waals surface area contributed by atoms with Gasteiger partial charge in [0.15, 0.2) is 0 Å². The van der Waals surface area contributed by atoms with Gasteiger partial charge in [-0.05, 0) is 93.4 Å². The first-order valence-electron chi connectivity index (χ1n) is 15.0. The van der Waals surface area contributed by atoms with E-state index in [1.165, 1.54) is 25.7 Å². The summed E-state index contributed by atoms with van der Waals surface area (Å²) in [5, 5.41) is 13.0. The van der Waals surface area contributed by atoms with Crippen LogP contribution in [0.25, 0.3) is 0 Å². The van der Waals surface area contributed by atoms with Gasteiger partial charge in [-0.1, -0.05) is 52.4 Å². The van der Waals surface area contributed by atoms with Gasteiger partial charge in [0.05, 0.1) is 0 Å². The zero-order valence-corrected chi connectivity index (χ0v) is 24.2. The van der Waals surface area contributed by atoms with Gasteiger partial charge in [0, 0.05) is 5.54 Å². The summed E-state index contributed by atoms with van der Waals surface area (Å²) in [4.78, 5) is 25.6. The highest BCUT2D eigenvalue weighted by molar-refractivity contribution is 7.87. The molecule has 0 aromatic rings. The lowest BCUT2D eigenvalue weighted by Crippen LogP contribution is -2.66. The first-order chi connectivity index (χ1) is 17.9. The van der Waals surface area contributed by atoms with E-state index < -0.39 is 28.3 Å². The molecular formula is C28H50N4O5S. The first-order valence-corrected chi connectivity index (χ1v) is 16.5. The molecule has 10 heteroatoms. The SMILES string of the molecule is CC(C)C12CC3CC(CC(NC(=O)[C@H](CC4CCCCC4)NS(=O)(=O)N[C@@H](CCCCN)C(=O)O)(C3)C1)C2. The summed E-state index contributed by atoms with van der Waals surface area (Å²) >= 11 is 0. The Morgan fingerprint density at radius 2 is 1.61 bits per heavy atom. The van der Waals surface area contributed by atoms with Crippen LogP contribution >= 0.6 is 0 Å². The zero-order chi connectivity index (χ0) is 27.6. The number of hydrogen-bond acceptors (Lipinski definition) is 5. The summed E-state index contributed by atoms with van der Waals surface area (Å²) < 4.78 is 31.2. The Labute approximate surface area is 229 Å². The van der Waals surface area contributed by atoms with Crippen molar-refractivity contribution in [3.8, 4) is 0 Å². The second-order valence-corrected chi connectivity index (χ2v) is 14.9. The second-order valence-electron chi connectivity index (χ2n) is 13.5. The molecule has 6 N–H and O–H groups in total. The van der Waals surface area contributed by atoms with Crippen molar-refractivity contribution in [2.75, 3.05) is 6.54 Å². The number of carboxylic acid groups (broad SMARTS) is 1. The molecule has 5 rings (SSSR count). The number of unbranched alkanes of at least 4 members (excludes halogenated alkanes) is 1. The van der Waals surface area contributed by atoms with Crippen LogP contribution in [0.4, 0.5) is 0 Å². The van der Waals surface area contributed by atoms with Crippen molar-refractivity contribution < 1.29 is 23.1 Å². The van der Waals surface area contributed by atoms with E-state index in [-0.39, 0.29) is 29.2 Å². The summed E-state index contributed by atoms with van der Waals surface area (Å²) in [7, 11) is -4.22. The van der Waals surface area contributed by atoms with E-state index in [4.69, 9.17) is 5.73 Å². The lowest BCUT2D eigenvalue weighted by Gasteiger charge is -2.64. The van der Waals surface area contributed by atoms with Crippen LogP contribution in [-0.4, -0.2) is 49.6 Å². The number of hydrogen-bond donors (Lipinski definition) is 5. The minimum atomic E-state index is -4.22. The lowest BCUT2D eigenvalue weighted by atomic mass is 9.44. The van der Waals surface area contributed by atoms with Crippen LogP contribution in [0.15, 0.2) is 0 Å². The minimum Gasteiger partial charge on any atom is -0.480 e. The van der Waals surface area contributed by atoms with Gasteiger partial charge < -0.3 is 16.2 Å². The fourth-order valence-electron chi connectivity index (χ4n) is 8.60. The number of nitrogens with one attached hydrogen (secondary N) is 3. The molecule has 0 aromatic heterocycles. The van der Waals surface area contributed by atoms with Crippen LogP contribution in [0.2, 0.25) is 0 Å². The summed E-state index contributed by atoms with van der Waals surface area (Å²) in [6.45, 7) is 5.03. The number of carboxylic acids is 1. The number of nitrogens with two attached hydrogens (primary N) is 1. The molecule has 5 saturated carbocycles. The molecule has 5 aliphatic rings. The van der Waals surface area contributed by atoms with Gasteiger partial charge in [0.2, 0.25) is 5.91 Å². The molecule has 5 fully saturated rings. The first kappa shape index (κ1) is 29.7. The molecule has 0 radical (unpaired) electrons. The molecule has 4 atom stereocenters. The van der Waals surface area contributed by atoms with E-state index in [0.717, 1.165) is 44.9 Å². The Morgan fingerprint density at radius 3 is 2.18 bits per heavy atom. The quantitative estimate of drug-likeness (QED) is 0.208. The van der Waals surface area contributed by atoms with Crippen molar-refractivity contribution in [3.63, 3.8) is 0 Å². The smallest absolute Gasteiger partial charge is 0.321 e. The standard InChI is InChI=1S/C28H50N4O5S/c1-19(2)27-14-21-12-22(15-27)17-28(16-21,18-27)30-25(33)24(13-20-8-4-3-5-9-20)32-38(36,37)31-23(26(34)35)10-6-7-11-29/h19-24,31-32H,3-18,29H2,1-2H3,(H,30,33)(H,34,35)/t21?,22?,23-,24-,27?,28?/m0/s1. The fraction of sp³-hybridized carbons (Fsp3) is 0.929. The number of carbonyl (C=O) groups is 2. The second kappa shape index (κ2) is 12.1. The fourth-order valence-corrected chi connectivity index (χ4v) is 9.84. The van der Waals surface area contributed by atoms with E-state index >= 15 is 0 Å². The largest absolute Gasteiger partial charge is 0.480 e. The van der Waals surface area contributed by atoms with Gasteiger partial charge >= 0.3 is 5.97 Å².